The van der Waals surface area contributed by atoms with Crippen molar-refractivity contribution in [3.8, 4) is 17.6 Å². The number of carbonyl (C=O) groups excluding carboxylic acids is 7. The topological polar surface area (TPSA) is 272 Å². The molecule has 0 spiro atoms. The minimum absolute atomic E-state index is 0.0464. The third-order valence-corrected chi connectivity index (χ3v) is 17.2. The maximum atomic E-state index is 14.4. The number of rotatable bonds is 29. The number of nitrogens with zero attached hydrogens (tertiary/aromatic N) is 3. The van der Waals surface area contributed by atoms with Crippen LogP contribution in [0.4, 0.5) is 16.2 Å². The second kappa shape index (κ2) is 35.0. The van der Waals surface area contributed by atoms with Gasteiger partial charge in [0.1, 0.15) is 40.7 Å². The number of ether oxygens (including phenoxy) is 9. The SMILES string of the molecule is COc1cc2cc(c1Cl)N(C)C(=O)C[C@H](OC(=O)[C@H](C)N(C)C(=O)CCCCCNC(=O)CCOCCOCCOCCOCCNC(=O)CCC(=O)N1Cc3ccccc3C#Cc3ccccc31)[C@]1(C)OC1[C@H](C)C1C[C@@](O)(NC(=O)O1)[C@H](OC)/C=C/C=C(\C)C2. The molecule has 92 heavy (non-hydrogen) atoms. The van der Waals surface area contributed by atoms with Gasteiger partial charge < -0.3 is 73.1 Å². The first-order valence-electron chi connectivity index (χ1n) is 31.3. The van der Waals surface area contributed by atoms with E-state index in [4.69, 9.17) is 54.2 Å². The van der Waals surface area contributed by atoms with E-state index in [1.54, 1.807) is 50.1 Å². The Kier molecular flexibility index (Phi) is 27.4. The van der Waals surface area contributed by atoms with E-state index in [1.807, 2.05) is 61.5 Å². The lowest BCUT2D eigenvalue weighted by atomic mass is 9.83. The Labute approximate surface area is 544 Å². The Bertz CT molecular complexity index is 3190. The number of hydrogen-bond donors (Lipinski definition) is 4. The van der Waals surface area contributed by atoms with Gasteiger partial charge in [0.2, 0.25) is 29.5 Å². The Morgan fingerprint density at radius 2 is 1.49 bits per heavy atom. The fourth-order valence-electron chi connectivity index (χ4n) is 11.1. The van der Waals surface area contributed by atoms with E-state index in [1.165, 1.54) is 38.0 Å². The molecule has 0 saturated carbocycles. The number of benzene rings is 3. The number of amides is 6. The number of methoxy groups -OCH3 is 2. The van der Waals surface area contributed by atoms with E-state index in [-0.39, 0.29) is 73.8 Å². The number of likely N-dealkylation sites (N-methyl/N-ethyl adjacent to an activating group) is 1. The van der Waals surface area contributed by atoms with Gasteiger partial charge in [0.05, 0.1) is 90.4 Å². The van der Waals surface area contributed by atoms with E-state index >= 15 is 0 Å². The number of epoxide rings is 1. The van der Waals surface area contributed by atoms with Crippen molar-refractivity contribution in [2.24, 2.45) is 5.92 Å². The monoisotopic (exact) mass is 1300 g/mol. The molecule has 6 amide bonds. The molecule has 8 atom stereocenters. The van der Waals surface area contributed by atoms with Crippen molar-refractivity contribution < 1.29 is 81.3 Å². The zero-order valence-electron chi connectivity index (χ0n) is 54.0. The summed E-state index contributed by atoms with van der Waals surface area (Å²) in [6.45, 7) is 10.5. The van der Waals surface area contributed by atoms with Gasteiger partial charge >= 0.3 is 12.1 Å². The van der Waals surface area contributed by atoms with Crippen LogP contribution in [0.2, 0.25) is 5.02 Å². The molecular formula is C68H89ClN6O17. The van der Waals surface area contributed by atoms with Gasteiger partial charge in [-0.15, -0.1) is 0 Å². The maximum Gasteiger partial charge on any atom is 0.409 e. The van der Waals surface area contributed by atoms with Crippen LogP contribution in [0.25, 0.3) is 0 Å². The minimum Gasteiger partial charge on any atom is -0.495 e. The molecule has 0 aromatic heterocycles. The number of fused-ring (bicyclic) bond motifs is 7. The number of halogens is 1. The Morgan fingerprint density at radius 1 is 0.837 bits per heavy atom. The first kappa shape index (κ1) is 72.0. The van der Waals surface area contributed by atoms with Gasteiger partial charge in [0.15, 0.2) is 5.72 Å². The molecule has 7 rings (SSSR count). The lowest BCUT2D eigenvalue weighted by molar-refractivity contribution is -0.162. The molecule has 4 heterocycles. The molecule has 4 aliphatic heterocycles. The van der Waals surface area contributed by atoms with Gasteiger partial charge in [-0.05, 0) is 81.5 Å². The molecule has 4 aliphatic rings. The Morgan fingerprint density at radius 3 is 2.21 bits per heavy atom. The van der Waals surface area contributed by atoms with Crippen LogP contribution < -0.4 is 30.5 Å². The van der Waals surface area contributed by atoms with Crippen LogP contribution in [0.3, 0.4) is 0 Å². The molecule has 2 fully saturated rings. The fourth-order valence-corrected chi connectivity index (χ4v) is 11.4. The normalized spacial score (nSPS) is 23.2. The van der Waals surface area contributed by atoms with E-state index in [0.717, 1.165) is 33.5 Å². The van der Waals surface area contributed by atoms with E-state index in [9.17, 15) is 38.7 Å². The number of unbranched alkanes of at least 4 members (excludes halogenated alkanes) is 2. The highest BCUT2D eigenvalue weighted by Gasteiger charge is 2.64. The summed E-state index contributed by atoms with van der Waals surface area (Å²) in [5.74, 6) is 4.05. The number of allylic oxidation sites excluding steroid dienone is 3. The van der Waals surface area contributed by atoms with Crippen molar-refractivity contribution in [1.29, 1.82) is 0 Å². The first-order valence-corrected chi connectivity index (χ1v) is 31.7. The van der Waals surface area contributed by atoms with Crippen molar-refractivity contribution in [3.05, 3.63) is 112 Å². The van der Waals surface area contributed by atoms with Crippen molar-refractivity contribution >= 4 is 64.6 Å². The molecular weight excluding hydrogens is 1210 g/mol. The second-order valence-electron chi connectivity index (χ2n) is 23.5. The minimum atomic E-state index is -1.87. The molecule has 500 valence electrons. The van der Waals surface area contributed by atoms with Crippen LogP contribution in [-0.4, -0.2) is 188 Å². The number of alkyl carbamates (subject to hydrolysis) is 1. The molecule has 4 bridgehead atoms. The summed E-state index contributed by atoms with van der Waals surface area (Å²) in [5, 5.41) is 20.3. The maximum absolute atomic E-state index is 14.4. The van der Waals surface area contributed by atoms with Crippen LogP contribution in [0.1, 0.15) is 108 Å². The molecule has 3 aromatic carbocycles. The highest BCUT2D eigenvalue weighted by Crippen LogP contribution is 2.49. The summed E-state index contributed by atoms with van der Waals surface area (Å²) in [6.07, 6.45) is 2.71. The lowest BCUT2D eigenvalue weighted by Gasteiger charge is -2.42. The summed E-state index contributed by atoms with van der Waals surface area (Å²) in [6, 6.07) is 17.8. The lowest BCUT2D eigenvalue weighted by Crippen LogP contribution is -2.63. The molecule has 0 aliphatic carbocycles. The van der Waals surface area contributed by atoms with Gasteiger partial charge in [-0.1, -0.05) is 90.9 Å². The van der Waals surface area contributed by atoms with Crippen molar-refractivity contribution in [3.63, 3.8) is 0 Å². The smallest absolute Gasteiger partial charge is 0.409 e. The zero-order valence-corrected chi connectivity index (χ0v) is 54.8. The van der Waals surface area contributed by atoms with Crippen LogP contribution >= 0.6 is 11.6 Å². The highest BCUT2D eigenvalue weighted by atomic mass is 35.5. The number of carbonyl (C=O) groups is 7. The van der Waals surface area contributed by atoms with Crippen molar-refractivity contribution in [2.45, 2.75) is 140 Å². The predicted molar refractivity (Wildman–Crippen MR) is 343 cm³/mol. The number of nitrogens with one attached hydrogen (secondary N) is 3. The van der Waals surface area contributed by atoms with E-state index < -0.39 is 65.7 Å². The average molecular weight is 1300 g/mol. The molecule has 0 radical (unpaired) electrons. The second-order valence-corrected chi connectivity index (χ2v) is 23.9. The summed E-state index contributed by atoms with van der Waals surface area (Å²) >= 11 is 6.83. The summed E-state index contributed by atoms with van der Waals surface area (Å²) in [4.78, 5) is 97.7. The van der Waals surface area contributed by atoms with Gasteiger partial charge in [0.25, 0.3) is 0 Å². The molecule has 2 unspecified atom stereocenters. The third kappa shape index (κ3) is 20.3. The van der Waals surface area contributed by atoms with Crippen molar-refractivity contribution in [1.82, 2.24) is 20.9 Å². The number of para-hydroxylation sites is 1. The van der Waals surface area contributed by atoms with Crippen molar-refractivity contribution in [2.75, 3.05) is 104 Å². The summed E-state index contributed by atoms with van der Waals surface area (Å²) in [7, 11) is 5.97. The largest absolute Gasteiger partial charge is 0.495 e. The van der Waals surface area contributed by atoms with E-state index in [0.29, 0.717) is 103 Å². The Balaban J connectivity index is 0.739. The van der Waals surface area contributed by atoms with Crippen LogP contribution in [-0.2, 0) is 79.6 Å². The average Bonchev–Trinajstić information content (AvgIpc) is 1.58. The quantitative estimate of drug-likeness (QED) is 0.0250. The van der Waals surface area contributed by atoms with Gasteiger partial charge in [-0.25, -0.2) is 9.59 Å². The summed E-state index contributed by atoms with van der Waals surface area (Å²) < 4.78 is 51.7. The van der Waals surface area contributed by atoms with Gasteiger partial charge in [0, 0.05) is 83.4 Å². The standard InChI is InChI=1S/C68H89ClN6O17/c1-45-17-16-22-56(85-8)68(83)43-55(90-66(82)72-68)46(2)64-67(4,92-64)57(42-62(80)74(6)53-40-48(39-45)41-54(84-7)63(53)69)91-65(81)47(3)73(5)60(78)23-10-9-15-29-70-59(77)28-31-86-33-35-88-37-38-89-36-34-87-32-30-71-58(76)26-27-61(79)75-44-51-20-12-11-18-49(51)24-25-50-19-13-14-21-52(50)75/h11-14,16-22,40-41,46-47,55-57,64,83H,9-10,15,23,26-39,42-44H2,1-8H3,(H,70,77)(H,71,76)(H,72,82)/b22-16+,45-17+/t46-,47+,55?,56-,57+,64?,67+,68+/m1/s1. The number of hydrogen-bond acceptors (Lipinski definition) is 17. The summed E-state index contributed by atoms with van der Waals surface area (Å²) in [5.41, 5.74) is 2.21. The first-order chi connectivity index (χ1) is 44.2. The highest BCUT2D eigenvalue weighted by molar-refractivity contribution is 6.35. The predicted octanol–water partition coefficient (Wildman–Crippen LogP) is 6.49. The molecule has 3 aromatic rings. The van der Waals surface area contributed by atoms with Crippen LogP contribution in [0, 0.1) is 17.8 Å². The zero-order chi connectivity index (χ0) is 66.4. The molecule has 23 nitrogen and oxygen atoms in total. The number of esters is 1. The third-order valence-electron chi connectivity index (χ3n) is 16.8. The molecule has 2 saturated heterocycles. The number of aliphatic hydroxyl groups is 1. The van der Waals surface area contributed by atoms with Gasteiger partial charge in [-0.2, -0.15) is 0 Å². The molecule has 4 N–H and O–H groups in total. The fraction of sp³-hybridized carbons (Fsp3) is 0.544. The van der Waals surface area contributed by atoms with Crippen LogP contribution in [0.15, 0.2) is 84.5 Å². The van der Waals surface area contributed by atoms with Crippen LogP contribution in [0.5, 0.6) is 5.75 Å². The Hall–Kier alpha value is -7.40. The molecule has 24 heteroatoms. The van der Waals surface area contributed by atoms with E-state index in [2.05, 4.69) is 27.8 Å². The number of anilines is 2. The van der Waals surface area contributed by atoms with Gasteiger partial charge in [-0.3, -0.25) is 29.3 Å².